The van der Waals surface area contributed by atoms with Crippen molar-refractivity contribution in [3.8, 4) is 0 Å². The first kappa shape index (κ1) is 19.3. The number of carbonyl (C=O) groups excluding carboxylic acids is 1. The molecule has 0 bridgehead atoms. The Bertz CT molecular complexity index is 669. The molecular formula is C15H17ClF3N3O3. The Morgan fingerprint density at radius 1 is 1.48 bits per heavy atom. The molecule has 1 aromatic heterocycles. The number of carboxylic acids is 1. The molecule has 0 saturated carbocycles. The molecule has 0 spiro atoms. The van der Waals surface area contributed by atoms with Crippen molar-refractivity contribution in [2.75, 3.05) is 18.4 Å². The fourth-order valence-electron chi connectivity index (χ4n) is 2.78. The third-order valence-electron chi connectivity index (χ3n) is 4.19. The number of alkyl halides is 3. The molecule has 2 rings (SSSR count). The summed E-state index contributed by atoms with van der Waals surface area (Å²) in [6.45, 7) is 2.18. The van der Waals surface area contributed by atoms with Gasteiger partial charge >= 0.3 is 12.1 Å². The van der Waals surface area contributed by atoms with E-state index in [1.165, 1.54) is 4.90 Å². The summed E-state index contributed by atoms with van der Waals surface area (Å²) >= 11 is 5.77. The number of pyridine rings is 1. The minimum absolute atomic E-state index is 0.0513. The zero-order chi connectivity index (χ0) is 18.8. The third kappa shape index (κ3) is 4.53. The summed E-state index contributed by atoms with van der Waals surface area (Å²) in [5.74, 6) is -1.68. The highest BCUT2D eigenvalue weighted by Gasteiger charge is 2.37. The number of nitrogens with one attached hydrogen (secondary N) is 1. The van der Waals surface area contributed by atoms with Crippen molar-refractivity contribution in [1.29, 1.82) is 0 Å². The molecule has 2 atom stereocenters. The molecular weight excluding hydrogens is 363 g/mol. The van der Waals surface area contributed by atoms with Gasteiger partial charge in [-0.1, -0.05) is 11.6 Å². The van der Waals surface area contributed by atoms with Gasteiger partial charge in [0.15, 0.2) is 0 Å². The maximum Gasteiger partial charge on any atom is 0.417 e. The lowest BCUT2D eigenvalue weighted by molar-refractivity contribution is -0.143. The lowest BCUT2D eigenvalue weighted by atomic mass is 10.0. The number of aliphatic carboxylic acids is 1. The largest absolute Gasteiger partial charge is 0.481 e. The minimum Gasteiger partial charge on any atom is -0.481 e. The third-order valence-corrected chi connectivity index (χ3v) is 4.48. The Morgan fingerprint density at radius 2 is 2.16 bits per heavy atom. The van der Waals surface area contributed by atoms with Crippen LogP contribution >= 0.6 is 11.6 Å². The maximum absolute atomic E-state index is 12.5. The predicted molar refractivity (Wildman–Crippen MR) is 84.3 cm³/mol. The van der Waals surface area contributed by atoms with Gasteiger partial charge in [0.25, 0.3) is 0 Å². The van der Waals surface area contributed by atoms with E-state index in [2.05, 4.69) is 10.3 Å². The summed E-state index contributed by atoms with van der Waals surface area (Å²) in [4.78, 5) is 28.4. The first-order chi connectivity index (χ1) is 11.6. The van der Waals surface area contributed by atoms with Crippen LogP contribution in [0.25, 0.3) is 0 Å². The van der Waals surface area contributed by atoms with Crippen LogP contribution in [0.3, 0.4) is 0 Å². The first-order valence-corrected chi connectivity index (χ1v) is 7.98. The van der Waals surface area contributed by atoms with Gasteiger partial charge in [-0.05, 0) is 19.4 Å². The van der Waals surface area contributed by atoms with Crippen molar-refractivity contribution in [2.45, 2.75) is 32.0 Å². The Kier molecular flexibility index (Phi) is 5.76. The summed E-state index contributed by atoms with van der Waals surface area (Å²) in [5.41, 5.74) is -0.954. The van der Waals surface area contributed by atoms with Crippen molar-refractivity contribution in [1.82, 2.24) is 9.88 Å². The van der Waals surface area contributed by atoms with Crippen LogP contribution in [0.4, 0.5) is 19.0 Å². The highest BCUT2D eigenvalue weighted by molar-refractivity contribution is 6.32. The number of aromatic nitrogens is 1. The Balaban J connectivity index is 1.89. The van der Waals surface area contributed by atoms with Gasteiger partial charge in [-0.25, -0.2) is 4.98 Å². The number of rotatable bonds is 5. The van der Waals surface area contributed by atoms with Gasteiger partial charge < -0.3 is 15.3 Å². The van der Waals surface area contributed by atoms with Crippen LogP contribution in [0, 0.1) is 5.92 Å². The van der Waals surface area contributed by atoms with Crippen LogP contribution in [-0.2, 0) is 15.8 Å². The van der Waals surface area contributed by atoms with Crippen LogP contribution in [0.15, 0.2) is 12.3 Å². The highest BCUT2D eigenvalue weighted by atomic mass is 35.5. The number of anilines is 1. The van der Waals surface area contributed by atoms with Gasteiger partial charge in [-0.2, -0.15) is 13.2 Å². The predicted octanol–water partition coefficient (Wildman–Crippen LogP) is 2.88. The smallest absolute Gasteiger partial charge is 0.417 e. The normalized spacial score (nSPS) is 20.6. The molecule has 1 saturated heterocycles. The maximum atomic E-state index is 12.5. The summed E-state index contributed by atoms with van der Waals surface area (Å²) in [6.07, 6.45) is -3.41. The highest BCUT2D eigenvalue weighted by Crippen LogP contribution is 2.32. The summed E-state index contributed by atoms with van der Waals surface area (Å²) in [7, 11) is 0. The number of hydrogen-bond acceptors (Lipinski definition) is 4. The molecule has 1 aliphatic rings. The van der Waals surface area contributed by atoms with E-state index in [0.717, 1.165) is 6.07 Å². The molecule has 138 valence electrons. The molecule has 0 aliphatic carbocycles. The molecule has 2 heterocycles. The number of amides is 1. The molecule has 2 N–H and O–H groups in total. The Hall–Kier alpha value is -2.03. The van der Waals surface area contributed by atoms with E-state index in [-0.39, 0.29) is 29.7 Å². The zero-order valence-electron chi connectivity index (χ0n) is 13.3. The molecule has 1 aromatic rings. The second kappa shape index (κ2) is 7.47. The number of halogens is 4. The molecule has 2 unspecified atom stereocenters. The standard InChI is InChI=1S/C15H17ClF3N3O3/c1-8-10(14(24)25)3-5-22(8)12(23)2-4-20-13-11(16)6-9(7-21-13)15(17,18)19/h6-8,10H,2-5H2,1H3,(H,20,21)(H,24,25). The minimum atomic E-state index is -4.53. The van der Waals surface area contributed by atoms with Crippen LogP contribution in [-0.4, -0.2) is 46.0 Å². The van der Waals surface area contributed by atoms with E-state index in [1.54, 1.807) is 6.92 Å². The molecule has 0 aromatic carbocycles. The van der Waals surface area contributed by atoms with E-state index in [0.29, 0.717) is 19.2 Å². The number of carboxylic acid groups (broad SMARTS) is 1. The first-order valence-electron chi connectivity index (χ1n) is 7.60. The lowest BCUT2D eigenvalue weighted by Crippen LogP contribution is -2.38. The zero-order valence-corrected chi connectivity index (χ0v) is 14.1. The summed E-state index contributed by atoms with van der Waals surface area (Å²) in [6, 6.07) is 0.372. The molecule has 6 nitrogen and oxygen atoms in total. The number of likely N-dealkylation sites (tertiary alicyclic amines) is 1. The summed E-state index contributed by atoms with van der Waals surface area (Å²) < 4.78 is 37.6. The van der Waals surface area contributed by atoms with Crippen molar-refractivity contribution < 1.29 is 27.9 Å². The van der Waals surface area contributed by atoms with E-state index < -0.39 is 29.7 Å². The monoisotopic (exact) mass is 379 g/mol. The van der Waals surface area contributed by atoms with Gasteiger partial charge in [0, 0.05) is 31.7 Å². The number of nitrogens with zero attached hydrogens (tertiary/aromatic N) is 2. The Morgan fingerprint density at radius 3 is 2.68 bits per heavy atom. The second-order valence-electron chi connectivity index (χ2n) is 5.79. The fraction of sp³-hybridized carbons (Fsp3) is 0.533. The van der Waals surface area contributed by atoms with Crippen molar-refractivity contribution >= 4 is 29.3 Å². The van der Waals surface area contributed by atoms with Crippen LogP contribution in [0.1, 0.15) is 25.3 Å². The van der Waals surface area contributed by atoms with Crippen molar-refractivity contribution in [2.24, 2.45) is 5.92 Å². The molecule has 1 amide bonds. The average molecular weight is 380 g/mol. The van der Waals surface area contributed by atoms with Gasteiger partial charge in [-0.3, -0.25) is 9.59 Å². The lowest BCUT2D eigenvalue weighted by Gasteiger charge is -2.23. The van der Waals surface area contributed by atoms with Gasteiger partial charge in [-0.15, -0.1) is 0 Å². The van der Waals surface area contributed by atoms with E-state index >= 15 is 0 Å². The summed E-state index contributed by atoms with van der Waals surface area (Å²) in [5, 5.41) is 11.6. The number of hydrogen-bond donors (Lipinski definition) is 2. The SMILES string of the molecule is CC1C(C(=O)O)CCN1C(=O)CCNc1ncc(C(F)(F)F)cc1Cl. The fourth-order valence-corrected chi connectivity index (χ4v) is 3.01. The molecule has 1 fully saturated rings. The van der Waals surface area contributed by atoms with E-state index in [9.17, 15) is 22.8 Å². The van der Waals surface area contributed by atoms with Crippen molar-refractivity contribution in [3.05, 3.63) is 22.8 Å². The quantitative estimate of drug-likeness (QED) is 0.822. The van der Waals surface area contributed by atoms with Gasteiger partial charge in [0.2, 0.25) is 5.91 Å². The number of carbonyl (C=O) groups is 2. The van der Waals surface area contributed by atoms with Crippen LogP contribution in [0.2, 0.25) is 5.02 Å². The van der Waals surface area contributed by atoms with E-state index in [4.69, 9.17) is 16.7 Å². The van der Waals surface area contributed by atoms with Crippen LogP contribution < -0.4 is 5.32 Å². The van der Waals surface area contributed by atoms with Crippen molar-refractivity contribution in [3.63, 3.8) is 0 Å². The van der Waals surface area contributed by atoms with Gasteiger partial charge in [0.1, 0.15) is 5.82 Å². The average Bonchev–Trinajstić information content (AvgIpc) is 2.89. The van der Waals surface area contributed by atoms with Crippen LogP contribution in [0.5, 0.6) is 0 Å². The molecule has 10 heteroatoms. The second-order valence-corrected chi connectivity index (χ2v) is 6.20. The molecule has 25 heavy (non-hydrogen) atoms. The topological polar surface area (TPSA) is 82.5 Å². The molecule has 0 radical (unpaired) electrons. The Labute approximate surface area is 147 Å². The van der Waals surface area contributed by atoms with E-state index in [1.807, 2.05) is 0 Å². The molecule has 1 aliphatic heterocycles. The van der Waals surface area contributed by atoms with Gasteiger partial charge in [0.05, 0.1) is 16.5 Å².